The summed E-state index contributed by atoms with van der Waals surface area (Å²) in [5, 5.41) is 11.8. The second-order valence-corrected chi connectivity index (χ2v) is 4.55. The largest absolute Gasteiger partial charge is 0.455 e. The van der Waals surface area contributed by atoms with Gasteiger partial charge in [0.15, 0.2) is 6.61 Å². The van der Waals surface area contributed by atoms with Gasteiger partial charge in [-0.05, 0) is 18.2 Å². The summed E-state index contributed by atoms with van der Waals surface area (Å²) < 4.78 is 4.77. The molecule has 0 atom stereocenters. The maximum Gasteiger partial charge on any atom is 0.308 e. The zero-order valence-corrected chi connectivity index (χ0v) is 11.3. The lowest BCUT2D eigenvalue weighted by Crippen LogP contribution is -2.23. The van der Waals surface area contributed by atoms with Gasteiger partial charge in [-0.3, -0.25) is 9.59 Å². The first-order valence-electron chi connectivity index (χ1n) is 5.60. The zero-order chi connectivity index (χ0) is 14.4. The fourth-order valence-corrected chi connectivity index (χ4v) is 1.38. The number of hydrogen-bond donors (Lipinski definition) is 1. The molecule has 5 nitrogen and oxygen atoms in total. The Morgan fingerprint density at radius 1 is 1.47 bits per heavy atom. The SMILES string of the molecule is CC(C)C(=O)OCC(=O)Nc1cc(Cl)ccc1C#N. The topological polar surface area (TPSA) is 79.2 Å². The van der Waals surface area contributed by atoms with Crippen LogP contribution in [0, 0.1) is 17.2 Å². The first-order chi connectivity index (χ1) is 8.93. The van der Waals surface area contributed by atoms with Crippen molar-refractivity contribution < 1.29 is 14.3 Å². The Balaban J connectivity index is 2.65. The highest BCUT2D eigenvalue weighted by Gasteiger charge is 2.12. The summed E-state index contributed by atoms with van der Waals surface area (Å²) >= 11 is 5.78. The van der Waals surface area contributed by atoms with Crippen LogP contribution in [-0.2, 0) is 14.3 Å². The Kier molecular flexibility index (Phi) is 5.34. The average molecular weight is 281 g/mol. The minimum absolute atomic E-state index is 0.285. The fraction of sp³-hybridized carbons (Fsp3) is 0.308. The van der Waals surface area contributed by atoms with Crippen LogP contribution in [0.5, 0.6) is 0 Å². The third-order valence-corrected chi connectivity index (χ3v) is 2.43. The van der Waals surface area contributed by atoms with Crippen molar-refractivity contribution in [2.24, 2.45) is 5.92 Å². The Labute approximate surface area is 116 Å². The molecule has 1 amide bonds. The van der Waals surface area contributed by atoms with Gasteiger partial charge in [-0.1, -0.05) is 25.4 Å². The van der Waals surface area contributed by atoms with Crippen molar-refractivity contribution in [3.05, 3.63) is 28.8 Å². The number of nitrogens with zero attached hydrogens (tertiary/aromatic N) is 1. The lowest BCUT2D eigenvalue weighted by atomic mass is 10.2. The highest BCUT2D eigenvalue weighted by Crippen LogP contribution is 2.20. The minimum atomic E-state index is -0.521. The van der Waals surface area contributed by atoms with Crippen molar-refractivity contribution in [3.63, 3.8) is 0 Å². The molecule has 0 aliphatic heterocycles. The third-order valence-electron chi connectivity index (χ3n) is 2.19. The zero-order valence-electron chi connectivity index (χ0n) is 10.6. The number of benzene rings is 1. The van der Waals surface area contributed by atoms with Crippen LogP contribution in [0.15, 0.2) is 18.2 Å². The van der Waals surface area contributed by atoms with Crippen LogP contribution in [-0.4, -0.2) is 18.5 Å². The summed E-state index contributed by atoms with van der Waals surface area (Å²) in [7, 11) is 0. The fourth-order valence-electron chi connectivity index (χ4n) is 1.21. The molecule has 1 N–H and O–H groups in total. The first kappa shape index (κ1) is 15.0. The molecule has 0 heterocycles. The van der Waals surface area contributed by atoms with Gasteiger partial charge in [0, 0.05) is 5.02 Å². The number of anilines is 1. The summed E-state index contributed by atoms with van der Waals surface area (Å²) in [6.45, 7) is 2.95. The summed E-state index contributed by atoms with van der Waals surface area (Å²) in [4.78, 5) is 22.8. The summed E-state index contributed by atoms with van der Waals surface area (Å²) in [5.74, 6) is -1.27. The van der Waals surface area contributed by atoms with Crippen molar-refractivity contribution in [1.29, 1.82) is 5.26 Å². The number of rotatable bonds is 4. The lowest BCUT2D eigenvalue weighted by molar-refractivity contribution is -0.150. The number of hydrogen-bond acceptors (Lipinski definition) is 4. The van der Waals surface area contributed by atoms with Crippen molar-refractivity contribution in [2.45, 2.75) is 13.8 Å². The molecular weight excluding hydrogens is 268 g/mol. The number of esters is 1. The minimum Gasteiger partial charge on any atom is -0.455 e. The number of amides is 1. The van der Waals surface area contributed by atoms with E-state index >= 15 is 0 Å². The van der Waals surface area contributed by atoms with E-state index in [0.717, 1.165) is 0 Å². The second-order valence-electron chi connectivity index (χ2n) is 4.11. The number of halogens is 1. The number of ether oxygens (including phenoxy) is 1. The molecule has 0 bridgehead atoms. The molecule has 1 aromatic carbocycles. The van der Waals surface area contributed by atoms with Crippen LogP contribution >= 0.6 is 11.6 Å². The van der Waals surface area contributed by atoms with Gasteiger partial charge in [0.05, 0.1) is 17.2 Å². The van der Waals surface area contributed by atoms with Crippen molar-refractivity contribution in [3.8, 4) is 6.07 Å². The Morgan fingerprint density at radius 3 is 2.74 bits per heavy atom. The molecule has 0 aliphatic carbocycles. The van der Waals surface area contributed by atoms with Crippen LogP contribution in [0.1, 0.15) is 19.4 Å². The molecule has 0 saturated carbocycles. The molecule has 0 fully saturated rings. The molecule has 0 radical (unpaired) electrons. The Bertz CT molecular complexity index is 535. The Morgan fingerprint density at radius 2 is 2.16 bits per heavy atom. The van der Waals surface area contributed by atoms with Gasteiger partial charge < -0.3 is 10.1 Å². The van der Waals surface area contributed by atoms with E-state index in [9.17, 15) is 9.59 Å². The monoisotopic (exact) mass is 280 g/mol. The molecular formula is C13H13ClN2O3. The van der Waals surface area contributed by atoms with Gasteiger partial charge >= 0.3 is 5.97 Å². The molecule has 0 aliphatic rings. The Hall–Kier alpha value is -2.06. The normalized spacial score (nSPS) is 9.84. The van der Waals surface area contributed by atoms with Gasteiger partial charge in [-0.25, -0.2) is 0 Å². The van der Waals surface area contributed by atoms with E-state index in [1.165, 1.54) is 12.1 Å². The van der Waals surface area contributed by atoms with E-state index < -0.39 is 18.5 Å². The maximum absolute atomic E-state index is 11.6. The van der Waals surface area contributed by atoms with E-state index in [-0.39, 0.29) is 11.5 Å². The molecule has 0 saturated heterocycles. The van der Waals surface area contributed by atoms with E-state index in [0.29, 0.717) is 10.7 Å². The average Bonchev–Trinajstić information content (AvgIpc) is 2.36. The van der Waals surface area contributed by atoms with Gasteiger partial charge in [-0.15, -0.1) is 0 Å². The summed E-state index contributed by atoms with van der Waals surface area (Å²) in [6.07, 6.45) is 0. The molecule has 1 aromatic rings. The van der Waals surface area contributed by atoms with E-state index in [4.69, 9.17) is 21.6 Å². The number of nitrogens with one attached hydrogen (secondary N) is 1. The van der Waals surface area contributed by atoms with Crippen molar-refractivity contribution in [1.82, 2.24) is 0 Å². The van der Waals surface area contributed by atoms with Crippen LogP contribution in [0.2, 0.25) is 5.02 Å². The lowest BCUT2D eigenvalue weighted by Gasteiger charge is -2.09. The standard InChI is InChI=1S/C13H13ClN2O3/c1-8(2)13(18)19-7-12(17)16-11-5-10(14)4-3-9(11)6-15/h3-5,8H,7H2,1-2H3,(H,16,17). The summed E-state index contributed by atoms with van der Waals surface area (Å²) in [6, 6.07) is 6.44. The molecule has 19 heavy (non-hydrogen) atoms. The highest BCUT2D eigenvalue weighted by atomic mass is 35.5. The van der Waals surface area contributed by atoms with Crippen LogP contribution in [0.4, 0.5) is 5.69 Å². The number of carbonyl (C=O) groups excluding carboxylic acids is 2. The molecule has 6 heteroatoms. The second kappa shape index (κ2) is 6.76. The van der Waals surface area contributed by atoms with Crippen molar-refractivity contribution in [2.75, 3.05) is 11.9 Å². The summed E-state index contributed by atoms with van der Waals surface area (Å²) in [5.41, 5.74) is 0.577. The van der Waals surface area contributed by atoms with Gasteiger partial charge in [0.25, 0.3) is 5.91 Å². The van der Waals surface area contributed by atoms with Crippen molar-refractivity contribution >= 4 is 29.2 Å². The smallest absolute Gasteiger partial charge is 0.308 e. The van der Waals surface area contributed by atoms with E-state index in [2.05, 4.69) is 5.32 Å². The van der Waals surface area contributed by atoms with Crippen LogP contribution < -0.4 is 5.32 Å². The maximum atomic E-state index is 11.6. The third kappa shape index (κ3) is 4.60. The molecule has 0 spiro atoms. The van der Waals surface area contributed by atoms with Crippen LogP contribution in [0.25, 0.3) is 0 Å². The molecule has 0 aromatic heterocycles. The molecule has 0 unspecified atom stereocenters. The van der Waals surface area contributed by atoms with Gasteiger partial charge in [0.2, 0.25) is 0 Å². The predicted octanol–water partition coefficient (Wildman–Crippen LogP) is 2.35. The molecule has 1 rings (SSSR count). The quantitative estimate of drug-likeness (QED) is 0.859. The van der Waals surface area contributed by atoms with E-state index in [1.54, 1.807) is 19.9 Å². The van der Waals surface area contributed by atoms with Crippen LogP contribution in [0.3, 0.4) is 0 Å². The first-order valence-corrected chi connectivity index (χ1v) is 5.98. The number of carbonyl (C=O) groups is 2. The van der Waals surface area contributed by atoms with Gasteiger partial charge in [-0.2, -0.15) is 5.26 Å². The number of nitriles is 1. The highest BCUT2D eigenvalue weighted by molar-refractivity contribution is 6.31. The van der Waals surface area contributed by atoms with Gasteiger partial charge in [0.1, 0.15) is 6.07 Å². The predicted molar refractivity (Wildman–Crippen MR) is 70.6 cm³/mol. The van der Waals surface area contributed by atoms with E-state index in [1.807, 2.05) is 6.07 Å². The molecule has 100 valence electrons.